The van der Waals surface area contributed by atoms with Crippen molar-refractivity contribution in [3.63, 3.8) is 0 Å². The van der Waals surface area contributed by atoms with E-state index in [0.29, 0.717) is 17.5 Å². The van der Waals surface area contributed by atoms with Crippen LogP contribution >= 0.6 is 0 Å². The van der Waals surface area contributed by atoms with E-state index in [9.17, 15) is 0 Å². The molecule has 12 rings (SSSR count). The summed E-state index contributed by atoms with van der Waals surface area (Å²) >= 11 is 0. The van der Waals surface area contributed by atoms with Gasteiger partial charge in [-0.05, 0) is 86.0 Å². The third-order valence-electron chi connectivity index (χ3n) is 12.7. The molecule has 0 radical (unpaired) electrons. The molecule has 4 nitrogen and oxygen atoms in total. The fourth-order valence-electron chi connectivity index (χ4n) is 9.30. The third kappa shape index (κ3) is 7.67. The second-order valence-electron chi connectivity index (χ2n) is 16.8. The average Bonchev–Trinajstić information content (AvgIpc) is 3.76. The number of hydrogen-bond donors (Lipinski definition) is 0. The molecule has 2 heterocycles. The molecule has 0 atom stereocenters. The smallest absolute Gasteiger partial charge is 0.164 e. The van der Waals surface area contributed by atoms with Crippen molar-refractivity contribution in [2.45, 2.75) is 0 Å². The van der Waals surface area contributed by atoms with E-state index in [4.69, 9.17) is 15.0 Å². The van der Waals surface area contributed by atoms with E-state index < -0.39 is 0 Å². The summed E-state index contributed by atoms with van der Waals surface area (Å²) in [7, 11) is 0. The Morgan fingerprint density at radius 1 is 0.239 bits per heavy atom. The van der Waals surface area contributed by atoms with Gasteiger partial charge in [0.25, 0.3) is 0 Å². The molecule has 2 aromatic heterocycles. The van der Waals surface area contributed by atoms with E-state index in [0.717, 1.165) is 50.1 Å². The first kappa shape index (κ1) is 39.6. The van der Waals surface area contributed by atoms with Gasteiger partial charge in [-0.15, -0.1) is 0 Å². The lowest BCUT2D eigenvalue weighted by molar-refractivity contribution is 1.07. The van der Waals surface area contributed by atoms with Gasteiger partial charge < -0.3 is 4.57 Å². The maximum atomic E-state index is 5.09. The van der Waals surface area contributed by atoms with Crippen molar-refractivity contribution in [1.82, 2.24) is 19.5 Å². The summed E-state index contributed by atoms with van der Waals surface area (Å²) in [5.41, 5.74) is 17.8. The molecule has 0 N–H and O–H groups in total. The van der Waals surface area contributed by atoms with Crippen LogP contribution in [0.3, 0.4) is 0 Å². The molecule has 12 aromatic rings. The summed E-state index contributed by atoms with van der Waals surface area (Å²) in [5.74, 6) is 1.89. The highest BCUT2D eigenvalue weighted by molar-refractivity contribution is 6.17. The Balaban J connectivity index is 0.965. The molecule has 0 bridgehead atoms. The Hall–Kier alpha value is -8.99. The number of fused-ring (bicyclic) bond motifs is 3. The van der Waals surface area contributed by atoms with Gasteiger partial charge in [0.2, 0.25) is 0 Å². The molecular formula is C63H42N4. The molecule has 67 heavy (non-hydrogen) atoms. The van der Waals surface area contributed by atoms with E-state index in [-0.39, 0.29) is 0 Å². The lowest BCUT2D eigenvalue weighted by Gasteiger charge is -2.14. The average molecular weight is 855 g/mol. The molecule has 0 spiro atoms. The zero-order chi connectivity index (χ0) is 44.5. The topological polar surface area (TPSA) is 43.6 Å². The molecule has 314 valence electrons. The van der Waals surface area contributed by atoms with E-state index in [1.165, 1.54) is 49.7 Å². The van der Waals surface area contributed by atoms with Crippen LogP contribution in [0.25, 0.3) is 117 Å². The first-order valence-electron chi connectivity index (χ1n) is 22.7. The summed E-state index contributed by atoms with van der Waals surface area (Å²) < 4.78 is 2.43. The van der Waals surface area contributed by atoms with E-state index in [1.807, 2.05) is 36.4 Å². The predicted molar refractivity (Wildman–Crippen MR) is 278 cm³/mol. The number of para-hydroxylation sites is 1. The van der Waals surface area contributed by atoms with Gasteiger partial charge in [0.05, 0.1) is 11.0 Å². The molecule has 0 saturated heterocycles. The number of nitrogens with zero attached hydrogens (tertiary/aromatic N) is 4. The van der Waals surface area contributed by atoms with Gasteiger partial charge in [0, 0.05) is 33.2 Å². The summed E-state index contributed by atoms with van der Waals surface area (Å²) in [6.45, 7) is 0. The highest BCUT2D eigenvalue weighted by atomic mass is 15.0. The van der Waals surface area contributed by atoms with Gasteiger partial charge in [0.15, 0.2) is 17.5 Å². The molecule has 0 unspecified atom stereocenters. The van der Waals surface area contributed by atoms with Crippen molar-refractivity contribution in [2.75, 3.05) is 0 Å². The molecular weight excluding hydrogens is 813 g/mol. The van der Waals surface area contributed by atoms with Crippen LogP contribution in [0.15, 0.2) is 255 Å². The van der Waals surface area contributed by atoms with Gasteiger partial charge >= 0.3 is 0 Å². The van der Waals surface area contributed by atoms with Crippen LogP contribution in [0, 0.1) is 0 Å². The van der Waals surface area contributed by atoms with Crippen LogP contribution in [0.4, 0.5) is 0 Å². The fraction of sp³-hybridized carbons (Fsp3) is 0. The van der Waals surface area contributed by atoms with Gasteiger partial charge in [-0.1, -0.05) is 224 Å². The van der Waals surface area contributed by atoms with Crippen LogP contribution in [0.5, 0.6) is 0 Å². The number of aromatic nitrogens is 4. The maximum Gasteiger partial charge on any atom is 0.164 e. The maximum absolute atomic E-state index is 5.09. The Bertz CT molecular complexity index is 3680. The third-order valence-corrected chi connectivity index (χ3v) is 12.7. The lowest BCUT2D eigenvalue weighted by atomic mass is 9.94. The van der Waals surface area contributed by atoms with Gasteiger partial charge in [0.1, 0.15) is 0 Å². The first-order chi connectivity index (χ1) is 33.2. The van der Waals surface area contributed by atoms with Crippen LogP contribution in [0.1, 0.15) is 0 Å². The molecule has 0 aliphatic carbocycles. The second kappa shape index (κ2) is 17.2. The molecule has 0 saturated carbocycles. The summed E-state index contributed by atoms with van der Waals surface area (Å²) in [6.07, 6.45) is 0. The van der Waals surface area contributed by atoms with Crippen molar-refractivity contribution in [3.05, 3.63) is 255 Å². The number of rotatable bonds is 9. The summed E-state index contributed by atoms with van der Waals surface area (Å²) in [6, 6.07) is 90.3. The monoisotopic (exact) mass is 854 g/mol. The lowest BCUT2D eigenvalue weighted by Crippen LogP contribution is -2.00. The van der Waals surface area contributed by atoms with Crippen LogP contribution in [0.2, 0.25) is 0 Å². The minimum Gasteiger partial charge on any atom is -0.309 e. The van der Waals surface area contributed by atoms with Crippen molar-refractivity contribution < 1.29 is 0 Å². The SMILES string of the molecule is c1ccc(-c2ccc(-c3cccc(-n4c5ccccc5c5c(-c6ccccc6)cc(-c6ccc(-c7nc(-c8ccccc8)nc(-c8ccc(-c9ccccc9)cc8)n7)cc6)cc54)c3)cc2)cc1. The minimum absolute atomic E-state index is 0.623. The summed E-state index contributed by atoms with van der Waals surface area (Å²) in [4.78, 5) is 15.1. The van der Waals surface area contributed by atoms with Crippen molar-refractivity contribution >= 4 is 21.8 Å². The number of benzene rings is 10. The van der Waals surface area contributed by atoms with E-state index in [1.54, 1.807) is 0 Å². The van der Waals surface area contributed by atoms with E-state index in [2.05, 4.69) is 223 Å². The molecule has 0 fully saturated rings. The fourth-order valence-corrected chi connectivity index (χ4v) is 9.30. The Morgan fingerprint density at radius 2 is 0.612 bits per heavy atom. The first-order valence-corrected chi connectivity index (χ1v) is 22.7. The van der Waals surface area contributed by atoms with Gasteiger partial charge in [-0.3, -0.25) is 0 Å². The van der Waals surface area contributed by atoms with Gasteiger partial charge in [-0.2, -0.15) is 0 Å². The molecule has 0 amide bonds. The quantitative estimate of drug-likeness (QED) is 0.145. The normalized spacial score (nSPS) is 11.3. The highest BCUT2D eigenvalue weighted by Crippen LogP contribution is 2.42. The van der Waals surface area contributed by atoms with Crippen LogP contribution in [-0.4, -0.2) is 19.5 Å². The van der Waals surface area contributed by atoms with Crippen molar-refractivity contribution in [3.8, 4) is 95.5 Å². The zero-order valence-corrected chi connectivity index (χ0v) is 36.5. The van der Waals surface area contributed by atoms with Gasteiger partial charge in [-0.25, -0.2) is 15.0 Å². The largest absolute Gasteiger partial charge is 0.309 e. The molecule has 0 aliphatic heterocycles. The van der Waals surface area contributed by atoms with Crippen LogP contribution < -0.4 is 0 Å². The summed E-state index contributed by atoms with van der Waals surface area (Å²) in [5, 5.41) is 2.44. The molecule has 0 aliphatic rings. The number of hydrogen-bond acceptors (Lipinski definition) is 3. The highest BCUT2D eigenvalue weighted by Gasteiger charge is 2.19. The zero-order valence-electron chi connectivity index (χ0n) is 36.5. The Morgan fingerprint density at radius 3 is 1.13 bits per heavy atom. The Kier molecular flexibility index (Phi) is 10.2. The van der Waals surface area contributed by atoms with Crippen molar-refractivity contribution in [1.29, 1.82) is 0 Å². The van der Waals surface area contributed by atoms with E-state index >= 15 is 0 Å². The molecule has 10 aromatic carbocycles. The standard InChI is InChI=1S/C63H42N4/c1-5-16-43(17-6-1)45-28-30-47(31-29-45)53-24-15-25-55(40-53)67-58-27-14-13-26-56(58)60-57(49-20-9-3-10-21-49)41-54(42-59(60)67)48-34-38-52(39-35-48)63-65-61(50-22-11-4-12-23-50)64-62(66-63)51-36-32-46(33-37-51)44-18-7-2-8-19-44/h1-42H. The van der Waals surface area contributed by atoms with Crippen LogP contribution in [-0.2, 0) is 0 Å². The second-order valence-corrected chi connectivity index (χ2v) is 16.8. The Labute approximate surface area is 389 Å². The minimum atomic E-state index is 0.623. The van der Waals surface area contributed by atoms with Crippen molar-refractivity contribution in [2.24, 2.45) is 0 Å². The predicted octanol–water partition coefficient (Wildman–Crippen LogP) is 16.3. The molecule has 4 heteroatoms.